The third-order valence-corrected chi connectivity index (χ3v) is 5.96. The lowest BCUT2D eigenvalue weighted by Crippen LogP contribution is -2.41. The fourth-order valence-electron chi connectivity index (χ4n) is 3.24. The van der Waals surface area contributed by atoms with E-state index in [1.54, 1.807) is 23.9 Å². The second-order valence-corrected chi connectivity index (χ2v) is 7.53. The van der Waals surface area contributed by atoms with Gasteiger partial charge in [0.25, 0.3) is 0 Å². The highest BCUT2D eigenvalue weighted by atomic mass is 32.2. The van der Waals surface area contributed by atoms with Crippen molar-refractivity contribution in [1.82, 2.24) is 4.90 Å². The summed E-state index contributed by atoms with van der Waals surface area (Å²) in [5, 5.41) is 0.125. The van der Waals surface area contributed by atoms with Crippen molar-refractivity contribution in [3.8, 4) is 0 Å². The first-order chi connectivity index (χ1) is 10.6. The van der Waals surface area contributed by atoms with Gasteiger partial charge in [0.1, 0.15) is 5.82 Å². The highest BCUT2D eigenvalue weighted by Crippen LogP contribution is 2.37. The Labute approximate surface area is 135 Å². The van der Waals surface area contributed by atoms with Crippen LogP contribution in [0.15, 0.2) is 24.3 Å². The van der Waals surface area contributed by atoms with Crippen molar-refractivity contribution in [3.63, 3.8) is 0 Å². The summed E-state index contributed by atoms with van der Waals surface area (Å²) in [6.07, 6.45) is 2.78. The summed E-state index contributed by atoms with van der Waals surface area (Å²) in [6.45, 7) is 4.40. The minimum atomic E-state index is -0.216. The van der Waals surface area contributed by atoms with E-state index in [9.17, 15) is 9.18 Å². The van der Waals surface area contributed by atoms with E-state index >= 15 is 0 Å². The van der Waals surface area contributed by atoms with Gasteiger partial charge in [-0.15, -0.1) is 11.8 Å². The molecule has 3 nitrogen and oxygen atoms in total. The summed E-state index contributed by atoms with van der Waals surface area (Å²) < 4.78 is 18.7. The van der Waals surface area contributed by atoms with E-state index < -0.39 is 0 Å². The van der Waals surface area contributed by atoms with Crippen LogP contribution < -0.4 is 0 Å². The molecule has 22 heavy (non-hydrogen) atoms. The first-order valence-electron chi connectivity index (χ1n) is 7.94. The van der Waals surface area contributed by atoms with Gasteiger partial charge in [-0.3, -0.25) is 4.79 Å². The second-order valence-electron chi connectivity index (χ2n) is 5.99. The zero-order chi connectivity index (χ0) is 15.5. The van der Waals surface area contributed by atoms with Gasteiger partial charge in [0.15, 0.2) is 0 Å². The third-order valence-electron chi connectivity index (χ3n) is 4.51. The van der Waals surface area contributed by atoms with Crippen LogP contribution in [0.5, 0.6) is 0 Å². The molecule has 2 saturated heterocycles. The molecule has 0 saturated carbocycles. The van der Waals surface area contributed by atoms with Crippen LogP contribution in [-0.4, -0.2) is 41.9 Å². The average molecular weight is 323 g/mol. The van der Waals surface area contributed by atoms with E-state index in [2.05, 4.69) is 0 Å². The van der Waals surface area contributed by atoms with Crippen LogP contribution in [0.4, 0.5) is 4.39 Å². The Morgan fingerprint density at radius 1 is 1.32 bits per heavy atom. The molecule has 0 N–H and O–H groups in total. The minimum Gasteiger partial charge on any atom is -0.381 e. The molecule has 2 heterocycles. The van der Waals surface area contributed by atoms with Gasteiger partial charge in [0.05, 0.1) is 5.25 Å². The van der Waals surface area contributed by atoms with Crippen molar-refractivity contribution in [3.05, 3.63) is 35.6 Å². The minimum absolute atomic E-state index is 0.00103. The molecule has 0 radical (unpaired) electrons. The molecular formula is C17H22FNO2S. The molecule has 1 amide bonds. The Balaban J connectivity index is 1.60. The van der Waals surface area contributed by atoms with Gasteiger partial charge in [0.2, 0.25) is 5.91 Å². The number of hydrogen-bond acceptors (Lipinski definition) is 3. The fraction of sp³-hybridized carbons (Fsp3) is 0.588. The molecule has 0 aliphatic carbocycles. The molecule has 120 valence electrons. The molecule has 0 aromatic heterocycles. The van der Waals surface area contributed by atoms with Gasteiger partial charge in [-0.1, -0.05) is 12.1 Å². The van der Waals surface area contributed by atoms with Crippen LogP contribution >= 0.6 is 11.8 Å². The Hall–Kier alpha value is -1.07. The molecule has 0 bridgehead atoms. The molecular weight excluding hydrogens is 301 g/mol. The average Bonchev–Trinajstić information content (AvgIpc) is 2.89. The maximum Gasteiger partial charge on any atom is 0.236 e. The molecule has 5 heteroatoms. The van der Waals surface area contributed by atoms with Crippen molar-refractivity contribution in [1.29, 1.82) is 0 Å². The molecule has 1 aromatic rings. The maximum absolute atomic E-state index is 13.3. The largest absolute Gasteiger partial charge is 0.381 e. The van der Waals surface area contributed by atoms with Crippen molar-refractivity contribution >= 4 is 17.7 Å². The number of benzene rings is 1. The second kappa shape index (κ2) is 7.01. The number of thioether (sulfide) groups is 1. The summed E-state index contributed by atoms with van der Waals surface area (Å²) in [4.78, 5) is 14.7. The highest BCUT2D eigenvalue weighted by Gasteiger charge is 2.37. The first kappa shape index (κ1) is 15.8. The Bertz CT molecular complexity index is 533. The number of hydrogen-bond donors (Lipinski definition) is 0. The molecule has 3 rings (SSSR count). The zero-order valence-corrected chi connectivity index (χ0v) is 13.7. The fourth-order valence-corrected chi connectivity index (χ4v) is 4.53. The standard InChI is InChI=1S/C17H22FNO2S/c1-12(13-3-2-4-14(18)11-13)22-16-5-8-19(17(16)20)15-6-9-21-10-7-15/h2-4,11-12,15-16H,5-10H2,1H3/t12-,16+/m0/s1. The van der Waals surface area contributed by atoms with Crippen LogP contribution in [0.2, 0.25) is 0 Å². The molecule has 2 fully saturated rings. The van der Waals surface area contributed by atoms with Crippen molar-refractivity contribution in [2.45, 2.75) is 42.7 Å². The number of likely N-dealkylation sites (tertiary alicyclic amines) is 1. The lowest BCUT2D eigenvalue weighted by Gasteiger charge is -2.31. The molecule has 1 aromatic carbocycles. The van der Waals surface area contributed by atoms with Gasteiger partial charge in [-0.05, 0) is 43.9 Å². The third kappa shape index (κ3) is 3.46. The number of halogens is 1. The van der Waals surface area contributed by atoms with E-state index in [4.69, 9.17) is 4.74 Å². The normalized spacial score (nSPS) is 24.7. The number of rotatable bonds is 4. The van der Waals surface area contributed by atoms with Crippen LogP contribution in [0.1, 0.15) is 37.0 Å². The molecule has 2 aliphatic rings. The number of carbonyl (C=O) groups is 1. The Morgan fingerprint density at radius 3 is 2.82 bits per heavy atom. The smallest absolute Gasteiger partial charge is 0.236 e. The van der Waals surface area contributed by atoms with Crippen molar-refractivity contribution in [2.24, 2.45) is 0 Å². The topological polar surface area (TPSA) is 29.5 Å². The van der Waals surface area contributed by atoms with Gasteiger partial charge in [-0.2, -0.15) is 0 Å². The van der Waals surface area contributed by atoms with Gasteiger partial charge < -0.3 is 9.64 Å². The lowest BCUT2D eigenvalue weighted by molar-refractivity contribution is -0.130. The SMILES string of the molecule is C[C@H](S[C@@H]1CCN(C2CCOCC2)C1=O)c1cccc(F)c1. The summed E-state index contributed by atoms with van der Waals surface area (Å²) >= 11 is 1.66. The number of carbonyl (C=O) groups excluding carboxylic acids is 1. The first-order valence-corrected chi connectivity index (χ1v) is 8.88. The lowest BCUT2D eigenvalue weighted by atomic mass is 10.1. The van der Waals surface area contributed by atoms with E-state index in [-0.39, 0.29) is 22.2 Å². The van der Waals surface area contributed by atoms with E-state index in [0.717, 1.165) is 44.6 Å². The Kier molecular flexibility index (Phi) is 5.03. The predicted octanol–water partition coefficient (Wildman–Crippen LogP) is 3.40. The van der Waals surface area contributed by atoms with E-state index in [1.165, 1.54) is 6.07 Å². The summed E-state index contributed by atoms with van der Waals surface area (Å²) in [7, 11) is 0. The van der Waals surface area contributed by atoms with Crippen molar-refractivity contribution < 1.29 is 13.9 Å². The van der Waals surface area contributed by atoms with Crippen LogP contribution in [-0.2, 0) is 9.53 Å². The number of nitrogens with zero attached hydrogens (tertiary/aromatic N) is 1. The van der Waals surface area contributed by atoms with Gasteiger partial charge in [-0.25, -0.2) is 4.39 Å². The summed E-state index contributed by atoms with van der Waals surface area (Å²) in [6, 6.07) is 7.02. The zero-order valence-electron chi connectivity index (χ0n) is 12.8. The monoisotopic (exact) mass is 323 g/mol. The number of ether oxygens (including phenoxy) is 1. The van der Waals surface area contributed by atoms with Gasteiger partial charge in [0, 0.05) is 31.1 Å². The van der Waals surface area contributed by atoms with Crippen molar-refractivity contribution in [2.75, 3.05) is 19.8 Å². The summed E-state index contributed by atoms with van der Waals surface area (Å²) in [5.41, 5.74) is 0.947. The maximum atomic E-state index is 13.3. The van der Waals surface area contributed by atoms with Gasteiger partial charge >= 0.3 is 0 Å². The van der Waals surface area contributed by atoms with Crippen LogP contribution in [0, 0.1) is 5.82 Å². The molecule has 0 spiro atoms. The highest BCUT2D eigenvalue weighted by molar-refractivity contribution is 8.00. The molecule has 0 unspecified atom stereocenters. The van der Waals surface area contributed by atoms with Crippen LogP contribution in [0.3, 0.4) is 0 Å². The van der Waals surface area contributed by atoms with E-state index in [0.29, 0.717) is 6.04 Å². The quantitative estimate of drug-likeness (QED) is 0.850. The molecule has 2 aliphatic heterocycles. The predicted molar refractivity (Wildman–Crippen MR) is 86.4 cm³/mol. The molecule has 2 atom stereocenters. The van der Waals surface area contributed by atoms with E-state index in [1.807, 2.05) is 17.9 Å². The Morgan fingerprint density at radius 2 is 2.09 bits per heavy atom. The van der Waals surface area contributed by atoms with Crippen LogP contribution in [0.25, 0.3) is 0 Å². The number of amides is 1. The summed E-state index contributed by atoms with van der Waals surface area (Å²) in [5.74, 6) is 0.0340.